The number of allylic oxidation sites excluding steroid dienone is 16. The van der Waals surface area contributed by atoms with Crippen LogP contribution in [0.4, 0.5) is 0 Å². The van der Waals surface area contributed by atoms with Gasteiger partial charge < -0.3 is 14.2 Å². The van der Waals surface area contributed by atoms with E-state index in [9.17, 15) is 14.4 Å². The number of rotatable bonds is 49. The summed E-state index contributed by atoms with van der Waals surface area (Å²) in [6.45, 7) is 6.36. The summed E-state index contributed by atoms with van der Waals surface area (Å²) in [7, 11) is 0. The molecule has 0 aromatic carbocycles. The zero-order chi connectivity index (χ0) is 48.6. The predicted molar refractivity (Wildman–Crippen MR) is 288 cm³/mol. The lowest BCUT2D eigenvalue weighted by Crippen LogP contribution is -2.30. The number of unbranched alkanes of at least 4 members (excludes halogenated alkanes) is 22. The minimum atomic E-state index is -0.804. The highest BCUT2D eigenvalue weighted by Gasteiger charge is 2.19. The average molecular weight is 931 g/mol. The average Bonchev–Trinajstić information content (AvgIpc) is 3.33. The summed E-state index contributed by atoms with van der Waals surface area (Å²) in [5.74, 6) is -0.962. The Bertz CT molecular complexity index is 1350. The van der Waals surface area contributed by atoms with Gasteiger partial charge in [0.15, 0.2) is 6.10 Å². The summed E-state index contributed by atoms with van der Waals surface area (Å²) < 4.78 is 16.8. The normalized spacial score (nSPS) is 12.8. The van der Waals surface area contributed by atoms with Crippen molar-refractivity contribution in [3.8, 4) is 0 Å². The Morgan fingerprint density at radius 3 is 0.940 bits per heavy atom. The number of ether oxygens (including phenoxy) is 3. The Hall–Kier alpha value is -3.67. The first-order valence-corrected chi connectivity index (χ1v) is 27.7. The van der Waals surface area contributed by atoms with Gasteiger partial charge in [-0.15, -0.1) is 0 Å². The third-order valence-electron chi connectivity index (χ3n) is 11.6. The third kappa shape index (κ3) is 53.2. The third-order valence-corrected chi connectivity index (χ3v) is 11.6. The molecule has 0 aliphatic heterocycles. The molecule has 0 saturated carbocycles. The van der Waals surface area contributed by atoms with Crippen molar-refractivity contribution < 1.29 is 28.6 Å². The molecule has 6 nitrogen and oxygen atoms in total. The molecule has 1 unspecified atom stereocenters. The molecule has 0 radical (unpaired) electrons. The smallest absolute Gasteiger partial charge is 0.306 e. The number of carbonyl (C=O) groups excluding carboxylic acids is 3. The maximum atomic E-state index is 12.8. The summed E-state index contributed by atoms with van der Waals surface area (Å²) in [6, 6.07) is 0. The van der Waals surface area contributed by atoms with Gasteiger partial charge in [-0.3, -0.25) is 14.4 Å². The fourth-order valence-electron chi connectivity index (χ4n) is 7.48. The molecule has 0 aromatic rings. The van der Waals surface area contributed by atoms with Crippen LogP contribution >= 0.6 is 0 Å². The van der Waals surface area contributed by atoms with Gasteiger partial charge in [0.25, 0.3) is 0 Å². The predicted octanol–water partition coefficient (Wildman–Crippen LogP) is 18.5. The summed E-state index contributed by atoms with van der Waals surface area (Å²) in [5.41, 5.74) is 0. The van der Waals surface area contributed by atoms with E-state index in [2.05, 4.69) is 118 Å². The molecule has 382 valence electrons. The monoisotopic (exact) mass is 931 g/mol. The first-order valence-electron chi connectivity index (χ1n) is 27.7. The molecule has 0 aromatic heterocycles. The second-order valence-corrected chi connectivity index (χ2v) is 18.1. The van der Waals surface area contributed by atoms with E-state index in [1.165, 1.54) is 89.9 Å². The Morgan fingerprint density at radius 1 is 0.313 bits per heavy atom. The van der Waals surface area contributed by atoms with E-state index in [-0.39, 0.29) is 31.1 Å². The van der Waals surface area contributed by atoms with Crippen molar-refractivity contribution in [2.24, 2.45) is 0 Å². The highest BCUT2D eigenvalue weighted by atomic mass is 16.6. The minimum Gasteiger partial charge on any atom is -0.462 e. The topological polar surface area (TPSA) is 78.9 Å². The van der Waals surface area contributed by atoms with E-state index in [4.69, 9.17) is 14.2 Å². The van der Waals surface area contributed by atoms with Gasteiger partial charge in [0.1, 0.15) is 13.2 Å². The molecule has 0 fully saturated rings. The van der Waals surface area contributed by atoms with Crippen LogP contribution < -0.4 is 0 Å². The van der Waals surface area contributed by atoms with Crippen LogP contribution in [-0.4, -0.2) is 37.2 Å². The van der Waals surface area contributed by atoms with Crippen LogP contribution in [0, 0.1) is 0 Å². The highest BCUT2D eigenvalue weighted by Crippen LogP contribution is 2.15. The first-order chi connectivity index (χ1) is 33.0. The van der Waals surface area contributed by atoms with E-state index >= 15 is 0 Å². The number of hydrogen-bond donors (Lipinski definition) is 0. The van der Waals surface area contributed by atoms with Gasteiger partial charge in [0.05, 0.1) is 0 Å². The molecule has 0 spiro atoms. The molecule has 0 bridgehead atoms. The zero-order valence-electron chi connectivity index (χ0n) is 43.6. The molecular weight excluding hydrogens is 829 g/mol. The Labute approximate surface area is 413 Å². The lowest BCUT2D eigenvalue weighted by molar-refractivity contribution is -0.167. The van der Waals surface area contributed by atoms with Crippen molar-refractivity contribution in [2.45, 2.75) is 258 Å². The fourth-order valence-corrected chi connectivity index (χ4v) is 7.48. The summed E-state index contributed by atoms with van der Waals surface area (Å²) >= 11 is 0. The van der Waals surface area contributed by atoms with Crippen LogP contribution in [0.25, 0.3) is 0 Å². The zero-order valence-corrected chi connectivity index (χ0v) is 43.6. The summed E-state index contributed by atoms with van der Waals surface area (Å²) in [5, 5.41) is 0. The standard InChI is InChI=1S/C61H102O6/c1-4-7-10-13-16-19-22-25-28-30-33-36-39-42-45-48-51-54-60(63)66-57-58(56-65-59(62)53-50-47-44-41-38-35-32-27-24-21-18-15-12-9-6-3)67-61(64)55-52-49-46-43-40-37-34-31-29-26-23-20-17-14-11-8-5-2/h7,9-10,12,16,18-19,21,25,27-28,32-33,36,38,41,58H,4-6,8,11,13-15,17,20,22-24,26,29-31,34-35,37,39-40,42-57H2,1-3H3/b10-7-,12-9-,19-16-,21-18-,28-25-,32-27-,36-33-,41-38-. The maximum absolute atomic E-state index is 12.8. The fraction of sp³-hybridized carbons (Fsp3) is 0.689. The van der Waals surface area contributed by atoms with Gasteiger partial charge in [-0.1, -0.05) is 234 Å². The van der Waals surface area contributed by atoms with E-state index in [1.807, 2.05) is 0 Å². The highest BCUT2D eigenvalue weighted by molar-refractivity contribution is 5.71. The van der Waals surface area contributed by atoms with E-state index in [1.54, 1.807) is 0 Å². The van der Waals surface area contributed by atoms with Gasteiger partial charge in [-0.2, -0.15) is 0 Å². The van der Waals surface area contributed by atoms with Gasteiger partial charge >= 0.3 is 17.9 Å². The molecule has 0 heterocycles. The van der Waals surface area contributed by atoms with Crippen molar-refractivity contribution in [2.75, 3.05) is 13.2 Å². The second-order valence-electron chi connectivity index (χ2n) is 18.1. The summed E-state index contributed by atoms with van der Waals surface area (Å²) in [6.07, 6.45) is 72.5. The van der Waals surface area contributed by atoms with E-state index < -0.39 is 6.10 Å². The Balaban J connectivity index is 4.48. The molecule has 0 rings (SSSR count). The van der Waals surface area contributed by atoms with Crippen LogP contribution in [0.3, 0.4) is 0 Å². The molecule has 1 atom stereocenters. The lowest BCUT2D eigenvalue weighted by Gasteiger charge is -2.18. The van der Waals surface area contributed by atoms with Crippen LogP contribution in [0.15, 0.2) is 97.2 Å². The quantitative estimate of drug-likeness (QED) is 0.0262. The van der Waals surface area contributed by atoms with Crippen molar-refractivity contribution in [1.29, 1.82) is 0 Å². The van der Waals surface area contributed by atoms with E-state index in [0.717, 1.165) is 122 Å². The molecular formula is C61H102O6. The molecule has 0 N–H and O–H groups in total. The van der Waals surface area contributed by atoms with Gasteiger partial charge in [-0.25, -0.2) is 0 Å². The van der Waals surface area contributed by atoms with Crippen molar-refractivity contribution in [1.82, 2.24) is 0 Å². The second kappa shape index (κ2) is 54.9. The number of hydrogen-bond acceptors (Lipinski definition) is 6. The van der Waals surface area contributed by atoms with Crippen LogP contribution in [0.2, 0.25) is 0 Å². The minimum absolute atomic E-state index is 0.103. The molecule has 0 saturated heterocycles. The SMILES string of the molecule is CC/C=C\C/C=C\C/C=C\C/C=C\CCCCCCC(=O)OCC(COC(=O)CCCC/C=C\C/C=C\C/C=C\C/C=C\CC)OC(=O)CCCCCCCCCCCCCCCCCCC. The molecule has 0 aliphatic rings. The Kier molecular flexibility index (Phi) is 51.9. The molecule has 67 heavy (non-hydrogen) atoms. The summed E-state index contributed by atoms with van der Waals surface area (Å²) in [4.78, 5) is 38.1. The first kappa shape index (κ1) is 63.3. The maximum Gasteiger partial charge on any atom is 0.306 e. The van der Waals surface area contributed by atoms with Gasteiger partial charge in [-0.05, 0) is 96.3 Å². The lowest BCUT2D eigenvalue weighted by atomic mass is 10.0. The van der Waals surface area contributed by atoms with Gasteiger partial charge in [0, 0.05) is 19.3 Å². The van der Waals surface area contributed by atoms with Crippen LogP contribution in [-0.2, 0) is 28.6 Å². The van der Waals surface area contributed by atoms with Crippen LogP contribution in [0.5, 0.6) is 0 Å². The Morgan fingerprint density at radius 2 is 0.582 bits per heavy atom. The largest absolute Gasteiger partial charge is 0.462 e. The van der Waals surface area contributed by atoms with Gasteiger partial charge in [0.2, 0.25) is 0 Å². The van der Waals surface area contributed by atoms with Crippen molar-refractivity contribution in [3.63, 3.8) is 0 Å². The van der Waals surface area contributed by atoms with Crippen LogP contribution in [0.1, 0.15) is 252 Å². The molecule has 0 amide bonds. The van der Waals surface area contributed by atoms with Crippen molar-refractivity contribution >= 4 is 17.9 Å². The number of esters is 3. The van der Waals surface area contributed by atoms with Crippen molar-refractivity contribution in [3.05, 3.63) is 97.2 Å². The molecule has 6 heteroatoms. The number of carbonyl (C=O) groups is 3. The van der Waals surface area contributed by atoms with E-state index in [0.29, 0.717) is 19.3 Å². The molecule has 0 aliphatic carbocycles.